The molecule has 0 aliphatic carbocycles. The first-order valence-electron chi connectivity index (χ1n) is 4.83. The number of rotatable bonds is 2. The van der Waals surface area contributed by atoms with Crippen molar-refractivity contribution in [3.05, 3.63) is 53.6 Å². The number of halogens is 4. The molecule has 0 saturated carbocycles. The van der Waals surface area contributed by atoms with Crippen LogP contribution in [0.1, 0.15) is 20.8 Å². The molecule has 90 valence electrons. The second-order valence-electron chi connectivity index (χ2n) is 3.69. The maximum absolute atomic E-state index is 6.07. The molecule has 0 aliphatic heterocycles. The highest BCUT2D eigenvalue weighted by molar-refractivity contribution is 9.11. The highest BCUT2D eigenvalue weighted by Crippen LogP contribution is 2.41. The van der Waals surface area contributed by atoms with Crippen LogP contribution in [-0.2, 0) is 0 Å². The molecule has 0 aliphatic rings. The van der Waals surface area contributed by atoms with E-state index in [0.717, 1.165) is 13.3 Å². The van der Waals surface area contributed by atoms with Gasteiger partial charge in [-0.1, -0.05) is 49.5 Å². The fourth-order valence-electron chi connectivity index (χ4n) is 1.56. The van der Waals surface area contributed by atoms with Crippen molar-refractivity contribution in [2.75, 3.05) is 0 Å². The lowest BCUT2D eigenvalue weighted by atomic mass is 10.1. The van der Waals surface area contributed by atoms with E-state index in [9.17, 15) is 0 Å². The molecule has 0 bridgehead atoms. The first kappa shape index (κ1) is 14.1. The summed E-state index contributed by atoms with van der Waals surface area (Å²) in [6.45, 7) is 2.09. The number of hydrogen-bond donors (Lipinski definition) is 0. The van der Waals surface area contributed by atoms with Crippen molar-refractivity contribution < 1.29 is 0 Å². The van der Waals surface area contributed by atoms with Crippen molar-refractivity contribution in [2.45, 2.75) is 11.8 Å². The number of hydrogen-bond acceptors (Lipinski definition) is 1. The molecule has 0 N–H and O–H groups in total. The minimum atomic E-state index is 0.174. The van der Waals surface area contributed by atoms with Crippen molar-refractivity contribution in [3.63, 3.8) is 0 Å². The van der Waals surface area contributed by atoms with E-state index in [2.05, 4.69) is 79.0 Å². The van der Waals surface area contributed by atoms with Gasteiger partial charge < -0.3 is 0 Å². The summed E-state index contributed by atoms with van der Waals surface area (Å²) in [5, 5.41) is 0. The first-order valence-corrected chi connectivity index (χ1v) is 8.53. The molecular weight excluding hydrogens is 451 g/mol. The van der Waals surface area contributed by atoms with Gasteiger partial charge in [-0.3, -0.25) is 0 Å². The second-order valence-corrected chi connectivity index (χ2v) is 8.07. The van der Waals surface area contributed by atoms with Gasteiger partial charge >= 0.3 is 0 Å². The molecule has 2 aromatic rings. The van der Waals surface area contributed by atoms with Gasteiger partial charge in [-0.2, -0.15) is 0 Å². The summed E-state index contributed by atoms with van der Waals surface area (Å²) < 4.78 is 2.84. The normalized spacial score (nSPS) is 12.8. The Bertz CT molecular complexity index is 511. The zero-order valence-corrected chi connectivity index (χ0v) is 15.1. The minimum Gasteiger partial charge on any atom is -0.126 e. The quantitative estimate of drug-likeness (QED) is 0.438. The van der Waals surface area contributed by atoms with Crippen LogP contribution in [0.3, 0.4) is 0 Å². The highest BCUT2D eigenvalue weighted by atomic mass is 79.9. The molecule has 0 spiro atoms. The Kier molecular flexibility index (Phi) is 4.75. The maximum atomic E-state index is 6.07. The van der Waals surface area contributed by atoms with Gasteiger partial charge in [-0.15, -0.1) is 11.3 Å². The van der Waals surface area contributed by atoms with Gasteiger partial charge in [-0.05, 0) is 52.2 Å². The summed E-state index contributed by atoms with van der Waals surface area (Å²) >= 11 is 18.3. The zero-order chi connectivity index (χ0) is 12.6. The molecule has 1 aromatic heterocycles. The number of benzene rings is 1. The van der Waals surface area contributed by atoms with E-state index >= 15 is 0 Å². The standard InChI is InChI=1S/C12H8Br3ClS/c1-6-2-7(4-8(13)3-6)11(15)10-5-9(14)12(16)17-10/h2-5,11H,1H3. The van der Waals surface area contributed by atoms with E-state index in [1.807, 2.05) is 0 Å². The second kappa shape index (κ2) is 5.74. The molecule has 1 heterocycles. The Morgan fingerprint density at radius 2 is 1.88 bits per heavy atom. The van der Waals surface area contributed by atoms with Gasteiger partial charge in [0.25, 0.3) is 0 Å². The largest absolute Gasteiger partial charge is 0.126 e. The maximum Gasteiger partial charge on any atom is 0.107 e. The molecule has 0 radical (unpaired) electrons. The van der Waals surface area contributed by atoms with Crippen molar-refractivity contribution in [2.24, 2.45) is 0 Å². The zero-order valence-electron chi connectivity index (χ0n) is 8.81. The van der Waals surface area contributed by atoms with Crippen molar-refractivity contribution in [1.29, 1.82) is 0 Å². The summed E-state index contributed by atoms with van der Waals surface area (Å²) in [6.07, 6.45) is 0. The van der Waals surface area contributed by atoms with Crippen molar-refractivity contribution in [3.8, 4) is 0 Å². The van der Waals surface area contributed by atoms with Crippen LogP contribution in [-0.4, -0.2) is 0 Å². The van der Waals surface area contributed by atoms with Gasteiger partial charge in [0.15, 0.2) is 0 Å². The predicted octanol–water partition coefficient (Wildman–Crippen LogP) is 6.72. The molecule has 1 atom stereocenters. The average molecular weight is 459 g/mol. The van der Waals surface area contributed by atoms with Crippen LogP contribution in [0.2, 0.25) is 4.34 Å². The fourth-order valence-corrected chi connectivity index (χ4v) is 4.61. The van der Waals surface area contributed by atoms with Crippen molar-refractivity contribution in [1.82, 2.24) is 0 Å². The Morgan fingerprint density at radius 3 is 2.41 bits per heavy atom. The van der Waals surface area contributed by atoms with Gasteiger partial charge in [-0.25, -0.2) is 0 Å². The van der Waals surface area contributed by atoms with Crippen LogP contribution in [0.15, 0.2) is 33.2 Å². The van der Waals surface area contributed by atoms with Crippen LogP contribution >= 0.6 is 70.7 Å². The Balaban J connectivity index is 2.39. The summed E-state index contributed by atoms with van der Waals surface area (Å²) in [4.78, 5) is 1.37. The fraction of sp³-hybridized carbons (Fsp3) is 0.167. The van der Waals surface area contributed by atoms with Crippen LogP contribution in [0.25, 0.3) is 0 Å². The lowest BCUT2D eigenvalue weighted by molar-refractivity contribution is 1.20. The third-order valence-corrected chi connectivity index (χ3v) is 6.59. The molecule has 0 amide bonds. The Morgan fingerprint density at radius 1 is 1.18 bits per heavy atom. The molecule has 5 heteroatoms. The van der Waals surface area contributed by atoms with Crippen LogP contribution in [0.4, 0.5) is 0 Å². The third kappa shape index (κ3) is 3.35. The van der Waals surface area contributed by atoms with Gasteiger partial charge in [0.2, 0.25) is 0 Å². The van der Waals surface area contributed by atoms with Crippen LogP contribution < -0.4 is 0 Å². The smallest absolute Gasteiger partial charge is 0.107 e. The molecule has 1 aromatic carbocycles. The molecule has 2 rings (SSSR count). The molecule has 0 saturated heterocycles. The van der Waals surface area contributed by atoms with Gasteiger partial charge in [0.1, 0.15) is 4.34 Å². The van der Waals surface area contributed by atoms with E-state index in [1.165, 1.54) is 16.0 Å². The van der Waals surface area contributed by atoms with Crippen molar-refractivity contribution >= 4 is 70.7 Å². The van der Waals surface area contributed by atoms with E-state index in [1.54, 1.807) is 11.3 Å². The summed E-state index contributed by atoms with van der Waals surface area (Å²) in [7, 11) is 0. The third-order valence-electron chi connectivity index (χ3n) is 2.27. The number of aryl methyl sites for hydroxylation is 1. The molecular formula is C12H8Br3ClS. The van der Waals surface area contributed by atoms with E-state index in [0.29, 0.717) is 0 Å². The lowest BCUT2D eigenvalue weighted by Gasteiger charge is -2.09. The monoisotopic (exact) mass is 456 g/mol. The number of alkyl halides is 1. The topological polar surface area (TPSA) is 0 Å². The minimum absolute atomic E-state index is 0.174. The van der Waals surface area contributed by atoms with E-state index < -0.39 is 0 Å². The highest BCUT2D eigenvalue weighted by Gasteiger charge is 2.15. The van der Waals surface area contributed by atoms with Gasteiger partial charge in [0, 0.05) is 13.8 Å². The van der Waals surface area contributed by atoms with Gasteiger partial charge in [0.05, 0.1) is 4.83 Å². The van der Waals surface area contributed by atoms with Crippen LogP contribution in [0, 0.1) is 6.92 Å². The molecule has 0 nitrogen and oxygen atoms in total. The molecule has 0 fully saturated rings. The summed E-state index contributed by atoms with van der Waals surface area (Å²) in [5.41, 5.74) is 2.46. The summed E-state index contributed by atoms with van der Waals surface area (Å²) in [5.74, 6) is 0. The van der Waals surface area contributed by atoms with E-state index in [-0.39, 0.29) is 4.83 Å². The lowest BCUT2D eigenvalue weighted by Crippen LogP contribution is -1.90. The SMILES string of the molecule is Cc1cc(Br)cc(C(Br)c2cc(Br)c(Cl)s2)c1. The number of thiophene rings is 1. The van der Waals surface area contributed by atoms with Crippen LogP contribution in [0.5, 0.6) is 0 Å². The predicted molar refractivity (Wildman–Crippen MR) is 86.7 cm³/mol. The Hall–Kier alpha value is 0.650. The molecule has 1 unspecified atom stereocenters. The first-order chi connectivity index (χ1) is 7.97. The Labute approximate surface area is 135 Å². The summed E-state index contributed by atoms with van der Waals surface area (Å²) in [6, 6.07) is 8.45. The average Bonchev–Trinajstić information content (AvgIpc) is 2.57. The molecule has 17 heavy (non-hydrogen) atoms. The van der Waals surface area contributed by atoms with E-state index in [4.69, 9.17) is 11.6 Å².